The standard InChI is InChI=1S/C31H29N3O6S/c1-19(30(36)37)40-26-13-8-20(16-27(26)39-3)17-28-29(35)34(15-14-21-18-32-25-7-5-4-6-24(21)25)31(41-28)33-22-9-11-23(38-2)12-10-22/h4-13,16-19,32H,14-15H2,1-3H3,(H,36,37)/b28-17-,33-31?. The summed E-state index contributed by atoms with van der Waals surface area (Å²) in [5.74, 6) is 0.159. The molecule has 4 aromatic rings. The van der Waals surface area contributed by atoms with Gasteiger partial charge in [-0.15, -0.1) is 0 Å². The Hall–Kier alpha value is -4.70. The molecule has 1 unspecified atom stereocenters. The number of nitrogens with one attached hydrogen (secondary N) is 1. The van der Waals surface area contributed by atoms with E-state index < -0.39 is 12.1 Å². The Morgan fingerprint density at radius 1 is 1.07 bits per heavy atom. The lowest BCUT2D eigenvalue weighted by atomic mass is 10.1. The molecule has 1 aromatic heterocycles. The number of aromatic nitrogens is 1. The minimum absolute atomic E-state index is 0.152. The van der Waals surface area contributed by atoms with Gasteiger partial charge in [-0.05, 0) is 84.8 Å². The molecule has 1 fully saturated rings. The molecular weight excluding hydrogens is 542 g/mol. The lowest BCUT2D eigenvalue weighted by Gasteiger charge is -2.15. The van der Waals surface area contributed by atoms with Gasteiger partial charge in [0.2, 0.25) is 0 Å². The van der Waals surface area contributed by atoms with Crippen LogP contribution in [-0.4, -0.2) is 58.9 Å². The van der Waals surface area contributed by atoms with Gasteiger partial charge >= 0.3 is 5.97 Å². The molecule has 41 heavy (non-hydrogen) atoms. The predicted molar refractivity (Wildman–Crippen MR) is 160 cm³/mol. The fraction of sp³-hybridized carbons (Fsp3) is 0.194. The Kier molecular flexibility index (Phi) is 8.30. The van der Waals surface area contributed by atoms with Crippen molar-refractivity contribution in [2.75, 3.05) is 20.8 Å². The molecule has 1 aliphatic rings. The van der Waals surface area contributed by atoms with Gasteiger partial charge in [0.25, 0.3) is 5.91 Å². The number of amidine groups is 1. The number of thioether (sulfide) groups is 1. The number of carbonyl (C=O) groups is 2. The molecule has 9 nitrogen and oxygen atoms in total. The van der Waals surface area contributed by atoms with E-state index in [-0.39, 0.29) is 5.91 Å². The molecule has 3 aromatic carbocycles. The maximum absolute atomic E-state index is 13.7. The molecule has 1 saturated heterocycles. The molecule has 0 radical (unpaired) electrons. The summed E-state index contributed by atoms with van der Waals surface area (Å²) in [6.07, 6.45) is 3.36. The van der Waals surface area contributed by atoms with E-state index >= 15 is 0 Å². The first-order valence-electron chi connectivity index (χ1n) is 12.9. The van der Waals surface area contributed by atoms with Crippen LogP contribution in [0, 0.1) is 0 Å². The number of aromatic amines is 1. The van der Waals surface area contributed by atoms with Crippen LogP contribution < -0.4 is 14.2 Å². The van der Waals surface area contributed by atoms with Gasteiger partial charge in [-0.1, -0.05) is 24.3 Å². The zero-order chi connectivity index (χ0) is 28.9. The Balaban J connectivity index is 1.44. The number of carboxylic acids is 1. The van der Waals surface area contributed by atoms with Crippen molar-refractivity contribution >= 4 is 51.5 Å². The van der Waals surface area contributed by atoms with Gasteiger partial charge in [-0.2, -0.15) is 0 Å². The van der Waals surface area contributed by atoms with Crippen LogP contribution >= 0.6 is 11.8 Å². The van der Waals surface area contributed by atoms with Crippen LogP contribution in [0.5, 0.6) is 17.2 Å². The minimum atomic E-state index is -1.08. The fourth-order valence-corrected chi connectivity index (χ4v) is 5.41. The molecule has 10 heteroatoms. The highest BCUT2D eigenvalue weighted by Gasteiger charge is 2.33. The molecule has 2 N–H and O–H groups in total. The highest BCUT2D eigenvalue weighted by Crippen LogP contribution is 2.36. The van der Waals surface area contributed by atoms with E-state index in [1.54, 1.807) is 36.3 Å². The number of hydrogen-bond acceptors (Lipinski definition) is 7. The van der Waals surface area contributed by atoms with E-state index in [1.165, 1.54) is 25.8 Å². The van der Waals surface area contributed by atoms with Crippen LogP contribution in [-0.2, 0) is 16.0 Å². The van der Waals surface area contributed by atoms with E-state index in [0.29, 0.717) is 45.8 Å². The van der Waals surface area contributed by atoms with Crippen molar-refractivity contribution in [3.8, 4) is 17.2 Å². The molecule has 0 aliphatic carbocycles. The van der Waals surface area contributed by atoms with Crippen LogP contribution in [0.3, 0.4) is 0 Å². The highest BCUT2D eigenvalue weighted by molar-refractivity contribution is 8.18. The Morgan fingerprint density at radius 2 is 1.85 bits per heavy atom. The van der Waals surface area contributed by atoms with Crippen molar-refractivity contribution in [2.45, 2.75) is 19.4 Å². The quantitative estimate of drug-likeness (QED) is 0.228. The summed E-state index contributed by atoms with van der Waals surface area (Å²) < 4.78 is 16.2. The van der Waals surface area contributed by atoms with Crippen molar-refractivity contribution in [1.82, 2.24) is 9.88 Å². The summed E-state index contributed by atoms with van der Waals surface area (Å²) >= 11 is 1.30. The van der Waals surface area contributed by atoms with Crippen molar-refractivity contribution in [3.63, 3.8) is 0 Å². The zero-order valence-corrected chi connectivity index (χ0v) is 23.6. The number of carbonyl (C=O) groups excluding carboxylic acids is 1. The van der Waals surface area contributed by atoms with Gasteiger partial charge in [0.1, 0.15) is 5.75 Å². The van der Waals surface area contributed by atoms with E-state index in [1.807, 2.05) is 48.7 Å². The first kappa shape index (κ1) is 27.9. The van der Waals surface area contributed by atoms with Gasteiger partial charge in [-0.3, -0.25) is 9.69 Å². The molecule has 1 amide bonds. The van der Waals surface area contributed by atoms with E-state index in [4.69, 9.17) is 19.2 Å². The smallest absolute Gasteiger partial charge is 0.344 e. The molecule has 0 saturated carbocycles. The molecular formula is C31H29N3O6S. The molecule has 1 aliphatic heterocycles. The fourth-order valence-electron chi connectivity index (χ4n) is 4.39. The summed E-state index contributed by atoms with van der Waals surface area (Å²) in [5.41, 5.74) is 3.58. The Morgan fingerprint density at radius 3 is 2.59 bits per heavy atom. The number of rotatable bonds is 10. The van der Waals surface area contributed by atoms with Crippen molar-refractivity contribution in [2.24, 2.45) is 4.99 Å². The number of benzene rings is 3. The third-order valence-electron chi connectivity index (χ3n) is 6.60. The molecule has 210 valence electrons. The third-order valence-corrected chi connectivity index (χ3v) is 7.61. The van der Waals surface area contributed by atoms with Gasteiger partial charge in [0.05, 0.1) is 24.8 Å². The summed E-state index contributed by atoms with van der Waals surface area (Å²) in [6, 6.07) is 20.5. The van der Waals surface area contributed by atoms with Gasteiger partial charge in [0, 0.05) is 23.6 Å². The number of aliphatic imine (C=N–C) groups is 1. The lowest BCUT2D eigenvalue weighted by Crippen LogP contribution is -2.31. The first-order valence-corrected chi connectivity index (χ1v) is 13.7. The van der Waals surface area contributed by atoms with Crippen LogP contribution in [0.15, 0.2) is 82.8 Å². The van der Waals surface area contributed by atoms with Gasteiger partial charge < -0.3 is 24.3 Å². The monoisotopic (exact) mass is 571 g/mol. The summed E-state index contributed by atoms with van der Waals surface area (Å²) in [7, 11) is 3.09. The number of ether oxygens (including phenoxy) is 3. The number of amides is 1. The first-order chi connectivity index (χ1) is 19.9. The summed E-state index contributed by atoms with van der Waals surface area (Å²) in [4.78, 5) is 35.2. The summed E-state index contributed by atoms with van der Waals surface area (Å²) in [6.45, 7) is 1.89. The molecule has 1 atom stereocenters. The highest BCUT2D eigenvalue weighted by atomic mass is 32.2. The van der Waals surface area contributed by atoms with Crippen molar-refractivity contribution in [1.29, 1.82) is 0 Å². The third kappa shape index (κ3) is 6.22. The molecule has 2 heterocycles. The van der Waals surface area contributed by atoms with E-state index in [9.17, 15) is 14.7 Å². The van der Waals surface area contributed by atoms with Crippen LogP contribution in [0.1, 0.15) is 18.1 Å². The molecule has 5 rings (SSSR count). The number of para-hydroxylation sites is 1. The van der Waals surface area contributed by atoms with Crippen LogP contribution in [0.25, 0.3) is 17.0 Å². The number of hydrogen-bond donors (Lipinski definition) is 2. The van der Waals surface area contributed by atoms with Crippen molar-refractivity contribution in [3.05, 3.63) is 89.0 Å². The van der Waals surface area contributed by atoms with Gasteiger partial charge in [-0.25, -0.2) is 9.79 Å². The number of fused-ring (bicyclic) bond motifs is 1. The second kappa shape index (κ2) is 12.2. The van der Waals surface area contributed by atoms with Crippen LogP contribution in [0.2, 0.25) is 0 Å². The van der Waals surface area contributed by atoms with E-state index in [2.05, 4.69) is 11.1 Å². The Bertz CT molecular complexity index is 1640. The van der Waals surface area contributed by atoms with Gasteiger partial charge in [0.15, 0.2) is 22.8 Å². The summed E-state index contributed by atoms with van der Waals surface area (Å²) in [5, 5.41) is 10.9. The number of carboxylic acid groups (broad SMARTS) is 1. The maximum Gasteiger partial charge on any atom is 0.344 e. The van der Waals surface area contributed by atoms with Crippen molar-refractivity contribution < 1.29 is 28.9 Å². The Labute approximate surface area is 241 Å². The largest absolute Gasteiger partial charge is 0.497 e. The average molecular weight is 572 g/mol. The number of aliphatic carboxylic acids is 1. The average Bonchev–Trinajstić information content (AvgIpc) is 3.52. The SMILES string of the molecule is COc1ccc(N=C2S/C(=C\c3ccc(OC(C)C(=O)O)c(OC)c3)C(=O)N2CCc2c[nH]c3ccccc23)cc1. The maximum atomic E-state index is 13.7. The molecule has 0 bridgehead atoms. The number of nitrogens with zero attached hydrogens (tertiary/aromatic N) is 2. The molecule has 0 spiro atoms. The zero-order valence-electron chi connectivity index (χ0n) is 22.8. The minimum Gasteiger partial charge on any atom is -0.497 e. The topological polar surface area (TPSA) is 113 Å². The van der Waals surface area contributed by atoms with E-state index in [0.717, 1.165) is 22.2 Å². The predicted octanol–water partition coefficient (Wildman–Crippen LogP) is 5.88. The number of methoxy groups -OCH3 is 2. The number of H-pyrrole nitrogens is 1. The second-order valence-electron chi connectivity index (χ2n) is 9.28. The lowest BCUT2D eigenvalue weighted by molar-refractivity contribution is -0.144. The normalized spacial score (nSPS) is 16.0. The van der Waals surface area contributed by atoms with Crippen LogP contribution in [0.4, 0.5) is 5.69 Å². The second-order valence-corrected chi connectivity index (χ2v) is 10.3.